The minimum atomic E-state index is -0.711. The van der Waals surface area contributed by atoms with Gasteiger partial charge < -0.3 is 15.5 Å². The van der Waals surface area contributed by atoms with E-state index in [0.717, 1.165) is 18.2 Å². The average molecular weight is 443 g/mol. The lowest BCUT2D eigenvalue weighted by Gasteiger charge is -2.24. The average Bonchev–Trinajstić information content (AvgIpc) is 2.82. The van der Waals surface area contributed by atoms with Gasteiger partial charge in [0.05, 0.1) is 0 Å². The van der Waals surface area contributed by atoms with Gasteiger partial charge in [0.15, 0.2) is 0 Å². The van der Waals surface area contributed by atoms with Crippen molar-refractivity contribution in [3.8, 4) is 0 Å². The molecule has 6 nitrogen and oxygen atoms in total. The van der Waals surface area contributed by atoms with Crippen LogP contribution in [0.3, 0.4) is 0 Å². The van der Waals surface area contributed by atoms with E-state index in [4.69, 9.17) is 0 Å². The van der Waals surface area contributed by atoms with Crippen LogP contribution < -0.4 is 10.6 Å². The summed E-state index contributed by atoms with van der Waals surface area (Å²) in [6, 6.07) is 11.7. The first-order valence-corrected chi connectivity index (χ1v) is 10.6. The van der Waals surface area contributed by atoms with Crippen LogP contribution in [-0.2, 0) is 16.1 Å². The molecule has 0 aromatic heterocycles. The summed E-state index contributed by atoms with van der Waals surface area (Å²) in [5.74, 6) is -2.69. The standard InChI is InChI=1S/C24H27F2N3O3/c1-29-15-21(28-24(32)17-6-3-2-4-7-17)9-5-8-18(12-22(29)30)23(31)27-14-16-10-19(25)13-20(26)11-16/h2-4,6-7,10-11,13,18,21H,5,8-9,12,14-15H2,1H3,(H,27,31)(H,28,32). The number of carbonyl (C=O) groups excluding carboxylic acids is 3. The molecule has 32 heavy (non-hydrogen) atoms. The van der Waals surface area contributed by atoms with Crippen LogP contribution in [0.2, 0.25) is 0 Å². The largest absolute Gasteiger partial charge is 0.352 e. The SMILES string of the molecule is CN1CC(NC(=O)c2ccccc2)CCCC(C(=O)NCc2cc(F)cc(F)c2)CC1=O. The molecule has 3 rings (SSSR count). The van der Waals surface area contributed by atoms with Gasteiger partial charge in [0.2, 0.25) is 11.8 Å². The van der Waals surface area contributed by atoms with Crippen molar-refractivity contribution in [1.82, 2.24) is 15.5 Å². The number of carbonyl (C=O) groups is 3. The first kappa shape index (κ1) is 23.4. The minimum Gasteiger partial charge on any atom is -0.352 e. The zero-order valence-corrected chi connectivity index (χ0v) is 17.9. The highest BCUT2D eigenvalue weighted by atomic mass is 19.1. The van der Waals surface area contributed by atoms with Crippen molar-refractivity contribution in [3.63, 3.8) is 0 Å². The summed E-state index contributed by atoms with van der Waals surface area (Å²) in [5, 5.41) is 5.66. The van der Waals surface area contributed by atoms with Gasteiger partial charge in [-0.25, -0.2) is 8.78 Å². The number of hydrogen-bond acceptors (Lipinski definition) is 3. The highest BCUT2D eigenvalue weighted by molar-refractivity contribution is 5.94. The van der Waals surface area contributed by atoms with E-state index in [1.807, 2.05) is 6.07 Å². The normalized spacial score (nSPS) is 19.5. The summed E-state index contributed by atoms with van der Waals surface area (Å²) >= 11 is 0. The van der Waals surface area contributed by atoms with Crippen LogP contribution in [0.5, 0.6) is 0 Å². The molecule has 170 valence electrons. The maximum atomic E-state index is 13.3. The zero-order valence-electron chi connectivity index (χ0n) is 17.9. The molecule has 0 bridgehead atoms. The summed E-state index contributed by atoms with van der Waals surface area (Å²) in [5.41, 5.74) is 0.860. The Kier molecular flexibility index (Phi) is 7.92. The van der Waals surface area contributed by atoms with Gasteiger partial charge >= 0.3 is 0 Å². The van der Waals surface area contributed by atoms with Gasteiger partial charge in [0.1, 0.15) is 11.6 Å². The molecule has 0 saturated carbocycles. The maximum Gasteiger partial charge on any atom is 0.251 e. The molecule has 0 aliphatic carbocycles. The molecule has 2 N–H and O–H groups in total. The molecule has 0 radical (unpaired) electrons. The molecule has 8 heteroatoms. The summed E-state index contributed by atoms with van der Waals surface area (Å²) < 4.78 is 26.7. The second-order valence-electron chi connectivity index (χ2n) is 8.14. The number of likely N-dealkylation sites (N-methyl/N-ethyl adjacent to an activating group) is 1. The van der Waals surface area contributed by atoms with E-state index >= 15 is 0 Å². The smallest absolute Gasteiger partial charge is 0.251 e. The second-order valence-corrected chi connectivity index (χ2v) is 8.14. The van der Waals surface area contributed by atoms with E-state index < -0.39 is 17.6 Å². The van der Waals surface area contributed by atoms with Crippen molar-refractivity contribution in [1.29, 1.82) is 0 Å². The number of rotatable bonds is 5. The van der Waals surface area contributed by atoms with Crippen LogP contribution in [0.25, 0.3) is 0 Å². The first-order chi connectivity index (χ1) is 15.3. The Hall–Kier alpha value is -3.29. The Labute approximate surface area is 186 Å². The third-order valence-corrected chi connectivity index (χ3v) is 5.58. The van der Waals surface area contributed by atoms with E-state index in [0.29, 0.717) is 36.9 Å². The summed E-state index contributed by atoms with van der Waals surface area (Å²) in [7, 11) is 1.65. The predicted molar refractivity (Wildman–Crippen MR) is 115 cm³/mol. The lowest BCUT2D eigenvalue weighted by Crippen LogP contribution is -2.44. The lowest BCUT2D eigenvalue weighted by molar-refractivity contribution is -0.135. The Morgan fingerprint density at radius 2 is 1.75 bits per heavy atom. The third-order valence-electron chi connectivity index (χ3n) is 5.58. The fourth-order valence-corrected chi connectivity index (χ4v) is 3.85. The molecular weight excluding hydrogens is 416 g/mol. The van der Waals surface area contributed by atoms with Crippen LogP contribution in [0.15, 0.2) is 48.5 Å². The number of benzene rings is 2. The van der Waals surface area contributed by atoms with E-state index in [2.05, 4.69) is 10.6 Å². The van der Waals surface area contributed by atoms with Gasteiger partial charge in [0.25, 0.3) is 5.91 Å². The molecule has 2 unspecified atom stereocenters. The van der Waals surface area contributed by atoms with Gasteiger partial charge in [-0.2, -0.15) is 0 Å². The number of halogens is 2. The molecule has 1 aliphatic rings. The molecule has 0 spiro atoms. The van der Waals surface area contributed by atoms with Crippen LogP contribution in [-0.4, -0.2) is 42.3 Å². The quantitative estimate of drug-likeness (QED) is 0.746. The van der Waals surface area contributed by atoms with Crippen LogP contribution in [0, 0.1) is 17.6 Å². The Balaban J connectivity index is 1.59. The molecule has 1 fully saturated rings. The summed E-state index contributed by atoms with van der Waals surface area (Å²) in [6.45, 7) is 0.331. The van der Waals surface area contributed by atoms with Crippen molar-refractivity contribution in [2.24, 2.45) is 5.92 Å². The van der Waals surface area contributed by atoms with Crippen LogP contribution in [0.4, 0.5) is 8.78 Å². The fourth-order valence-electron chi connectivity index (χ4n) is 3.85. The molecule has 1 heterocycles. The Morgan fingerprint density at radius 3 is 2.44 bits per heavy atom. The fraction of sp³-hybridized carbons (Fsp3) is 0.375. The van der Waals surface area contributed by atoms with E-state index in [1.165, 1.54) is 4.90 Å². The van der Waals surface area contributed by atoms with Gasteiger partial charge in [-0.15, -0.1) is 0 Å². The lowest BCUT2D eigenvalue weighted by atomic mass is 9.96. The van der Waals surface area contributed by atoms with Gasteiger partial charge in [-0.3, -0.25) is 14.4 Å². The first-order valence-electron chi connectivity index (χ1n) is 10.6. The van der Waals surface area contributed by atoms with E-state index in [9.17, 15) is 23.2 Å². The molecular formula is C24H27F2N3O3. The molecule has 2 aromatic carbocycles. The number of nitrogens with one attached hydrogen (secondary N) is 2. The summed E-state index contributed by atoms with van der Waals surface area (Å²) in [6.07, 6.45) is 1.78. The predicted octanol–water partition coefficient (Wildman–Crippen LogP) is 3.03. The van der Waals surface area contributed by atoms with Crippen molar-refractivity contribution in [2.75, 3.05) is 13.6 Å². The minimum absolute atomic E-state index is 0.0240. The van der Waals surface area contributed by atoms with E-state index in [-0.39, 0.29) is 36.7 Å². The number of amides is 3. The third kappa shape index (κ3) is 6.60. The van der Waals surface area contributed by atoms with Crippen molar-refractivity contribution in [2.45, 2.75) is 38.3 Å². The van der Waals surface area contributed by atoms with Gasteiger partial charge in [-0.05, 0) is 42.7 Å². The van der Waals surface area contributed by atoms with Crippen molar-refractivity contribution in [3.05, 3.63) is 71.3 Å². The molecule has 3 amide bonds. The number of hydrogen-bond donors (Lipinski definition) is 2. The maximum absolute atomic E-state index is 13.3. The van der Waals surface area contributed by atoms with Gasteiger partial charge in [-0.1, -0.05) is 24.6 Å². The highest BCUT2D eigenvalue weighted by Gasteiger charge is 2.27. The van der Waals surface area contributed by atoms with E-state index in [1.54, 1.807) is 31.3 Å². The Bertz CT molecular complexity index is 948. The Morgan fingerprint density at radius 1 is 1.06 bits per heavy atom. The van der Waals surface area contributed by atoms with Gasteiger partial charge in [0, 0.05) is 50.1 Å². The van der Waals surface area contributed by atoms with Crippen LogP contribution in [0.1, 0.15) is 41.6 Å². The van der Waals surface area contributed by atoms with Crippen LogP contribution >= 0.6 is 0 Å². The second kappa shape index (κ2) is 10.8. The van der Waals surface area contributed by atoms with Crippen molar-refractivity contribution >= 4 is 17.7 Å². The molecule has 2 atom stereocenters. The topological polar surface area (TPSA) is 78.5 Å². The molecule has 1 aliphatic heterocycles. The zero-order chi connectivity index (χ0) is 23.1. The monoisotopic (exact) mass is 443 g/mol. The summed E-state index contributed by atoms with van der Waals surface area (Å²) in [4.78, 5) is 39.3. The molecule has 2 aromatic rings. The number of nitrogens with zero attached hydrogens (tertiary/aromatic N) is 1. The van der Waals surface area contributed by atoms with Crippen molar-refractivity contribution < 1.29 is 23.2 Å². The highest BCUT2D eigenvalue weighted by Crippen LogP contribution is 2.19. The molecule has 1 saturated heterocycles.